The summed E-state index contributed by atoms with van der Waals surface area (Å²) in [6, 6.07) is 19.5. The lowest BCUT2D eigenvalue weighted by Crippen LogP contribution is -2.25. The van der Waals surface area contributed by atoms with Crippen LogP contribution in [0.15, 0.2) is 79.5 Å². The van der Waals surface area contributed by atoms with Gasteiger partial charge in [-0.2, -0.15) is 0 Å². The second-order valence-corrected chi connectivity index (χ2v) is 8.78. The predicted octanol–water partition coefficient (Wildman–Crippen LogP) is 5.39. The molecule has 37 heavy (non-hydrogen) atoms. The molecular weight excluding hydrogens is 464 g/mol. The number of hydrogen-bond donors (Lipinski definition) is 1. The largest absolute Gasteiger partial charge is 0.493 e. The summed E-state index contributed by atoms with van der Waals surface area (Å²) in [5.41, 5.74) is 3.71. The van der Waals surface area contributed by atoms with Gasteiger partial charge < -0.3 is 19.4 Å². The van der Waals surface area contributed by atoms with Gasteiger partial charge in [-0.05, 0) is 67.6 Å². The van der Waals surface area contributed by atoms with Crippen molar-refractivity contribution in [3.05, 3.63) is 96.6 Å². The van der Waals surface area contributed by atoms with Crippen molar-refractivity contribution in [1.29, 1.82) is 0 Å². The number of unbranched alkanes of at least 4 members (excludes halogenated alkanes) is 1. The predicted molar refractivity (Wildman–Crippen MR) is 146 cm³/mol. The number of imidazole rings is 1. The molecule has 4 aromatic rings. The molecule has 7 nitrogen and oxygen atoms in total. The van der Waals surface area contributed by atoms with Crippen molar-refractivity contribution in [2.45, 2.75) is 38.6 Å². The van der Waals surface area contributed by atoms with Gasteiger partial charge in [0.2, 0.25) is 0 Å². The number of para-hydroxylation sites is 2. The van der Waals surface area contributed by atoms with E-state index < -0.39 is 0 Å². The van der Waals surface area contributed by atoms with Crippen molar-refractivity contribution in [2.24, 2.45) is 0 Å². The van der Waals surface area contributed by atoms with Gasteiger partial charge in [0, 0.05) is 25.7 Å². The molecule has 7 heteroatoms. The minimum atomic E-state index is -0.152. The van der Waals surface area contributed by atoms with Gasteiger partial charge in [0.25, 0.3) is 5.91 Å². The lowest BCUT2D eigenvalue weighted by atomic mass is 10.1. The average molecular weight is 499 g/mol. The summed E-state index contributed by atoms with van der Waals surface area (Å²) in [4.78, 5) is 21.2. The van der Waals surface area contributed by atoms with Gasteiger partial charge in [0.05, 0.1) is 24.8 Å². The van der Waals surface area contributed by atoms with Crippen LogP contribution in [0.1, 0.15) is 41.1 Å². The molecule has 2 aromatic heterocycles. The van der Waals surface area contributed by atoms with E-state index in [0.717, 1.165) is 72.6 Å². The smallest absolute Gasteiger partial charge is 0.269 e. The van der Waals surface area contributed by atoms with Crippen LogP contribution >= 0.6 is 0 Å². The van der Waals surface area contributed by atoms with Crippen LogP contribution in [-0.2, 0) is 19.4 Å². The highest BCUT2D eigenvalue weighted by Crippen LogP contribution is 2.28. The highest BCUT2D eigenvalue weighted by atomic mass is 16.5. The standard InChI is InChI=1S/C30H34N4O3/c1-3-11-23-16-17-27(28(22-23)36-2)37-21-9-8-20-34-26-14-5-4-12-24(26)33-29(34)15-10-19-32-30(35)25-13-6-7-18-31-25/h3-7,12-14,16-18,22H,1,8-11,15,19-21H2,2H3,(H,32,35). The van der Waals surface area contributed by atoms with E-state index in [1.807, 2.05) is 48.5 Å². The molecule has 192 valence electrons. The van der Waals surface area contributed by atoms with Crippen molar-refractivity contribution in [3.63, 3.8) is 0 Å². The Hall–Kier alpha value is -4.13. The van der Waals surface area contributed by atoms with E-state index >= 15 is 0 Å². The number of benzene rings is 2. The summed E-state index contributed by atoms with van der Waals surface area (Å²) in [5, 5.41) is 2.95. The van der Waals surface area contributed by atoms with Gasteiger partial charge in [-0.1, -0.05) is 30.3 Å². The van der Waals surface area contributed by atoms with Gasteiger partial charge in [-0.25, -0.2) is 4.98 Å². The summed E-state index contributed by atoms with van der Waals surface area (Å²) >= 11 is 0. The van der Waals surface area contributed by atoms with E-state index in [1.165, 1.54) is 0 Å². The zero-order chi connectivity index (χ0) is 25.9. The van der Waals surface area contributed by atoms with E-state index in [1.54, 1.807) is 25.4 Å². The molecule has 4 rings (SSSR count). The van der Waals surface area contributed by atoms with Gasteiger partial charge in [-0.15, -0.1) is 6.58 Å². The number of nitrogens with zero attached hydrogens (tertiary/aromatic N) is 3. The van der Waals surface area contributed by atoms with E-state index in [9.17, 15) is 4.79 Å². The first kappa shape index (κ1) is 25.9. The number of carbonyl (C=O) groups excluding carboxylic acids is 1. The molecule has 0 aliphatic carbocycles. The molecule has 0 aliphatic rings. The van der Waals surface area contributed by atoms with Gasteiger partial charge in [0.1, 0.15) is 11.5 Å². The fourth-order valence-electron chi connectivity index (χ4n) is 4.28. The number of rotatable bonds is 14. The summed E-state index contributed by atoms with van der Waals surface area (Å²) in [5.74, 6) is 2.39. The lowest BCUT2D eigenvalue weighted by molar-refractivity contribution is 0.0948. The van der Waals surface area contributed by atoms with Crippen LogP contribution in [0.3, 0.4) is 0 Å². The number of carbonyl (C=O) groups is 1. The third-order valence-corrected chi connectivity index (χ3v) is 6.14. The Morgan fingerprint density at radius 3 is 2.73 bits per heavy atom. The van der Waals surface area contributed by atoms with E-state index in [0.29, 0.717) is 18.8 Å². The molecule has 0 fully saturated rings. The number of fused-ring (bicyclic) bond motifs is 1. The van der Waals surface area contributed by atoms with Crippen LogP contribution in [-0.4, -0.2) is 40.7 Å². The van der Waals surface area contributed by atoms with E-state index in [2.05, 4.69) is 27.5 Å². The number of aromatic nitrogens is 3. The number of amides is 1. The number of pyridine rings is 1. The maximum absolute atomic E-state index is 12.2. The van der Waals surface area contributed by atoms with Crippen molar-refractivity contribution in [2.75, 3.05) is 20.3 Å². The molecule has 0 radical (unpaired) electrons. The van der Waals surface area contributed by atoms with Crippen molar-refractivity contribution in [1.82, 2.24) is 19.9 Å². The zero-order valence-electron chi connectivity index (χ0n) is 21.4. The number of hydrogen-bond acceptors (Lipinski definition) is 5. The van der Waals surface area contributed by atoms with Gasteiger partial charge in [-0.3, -0.25) is 9.78 Å². The number of allylic oxidation sites excluding steroid dienone is 1. The maximum atomic E-state index is 12.2. The topological polar surface area (TPSA) is 78.3 Å². The van der Waals surface area contributed by atoms with Crippen LogP contribution in [0.5, 0.6) is 11.5 Å². The molecule has 0 bridgehead atoms. The van der Waals surface area contributed by atoms with Crippen LogP contribution < -0.4 is 14.8 Å². The number of methoxy groups -OCH3 is 1. The molecule has 0 spiro atoms. The molecule has 2 aromatic carbocycles. The van der Waals surface area contributed by atoms with Crippen LogP contribution in [0.4, 0.5) is 0 Å². The minimum absolute atomic E-state index is 0.152. The second kappa shape index (κ2) is 13.3. The zero-order valence-corrected chi connectivity index (χ0v) is 21.4. The molecule has 0 saturated heterocycles. The minimum Gasteiger partial charge on any atom is -0.493 e. The third kappa shape index (κ3) is 6.97. The molecule has 0 aliphatic heterocycles. The molecule has 0 saturated carbocycles. The summed E-state index contributed by atoms with van der Waals surface area (Å²) < 4.78 is 13.8. The Labute approximate surface area is 218 Å². The van der Waals surface area contributed by atoms with E-state index in [4.69, 9.17) is 14.5 Å². The Balaban J connectivity index is 1.29. The molecule has 1 amide bonds. The molecule has 0 atom stereocenters. The molecular formula is C30H34N4O3. The van der Waals surface area contributed by atoms with Gasteiger partial charge >= 0.3 is 0 Å². The van der Waals surface area contributed by atoms with Crippen molar-refractivity contribution < 1.29 is 14.3 Å². The first-order valence-corrected chi connectivity index (χ1v) is 12.7. The third-order valence-electron chi connectivity index (χ3n) is 6.14. The fourth-order valence-corrected chi connectivity index (χ4v) is 4.28. The highest BCUT2D eigenvalue weighted by Gasteiger charge is 2.11. The van der Waals surface area contributed by atoms with Crippen LogP contribution in [0.2, 0.25) is 0 Å². The number of aryl methyl sites for hydroxylation is 2. The Bertz CT molecular complexity index is 1320. The average Bonchev–Trinajstić information content (AvgIpc) is 3.29. The molecule has 1 N–H and O–H groups in total. The summed E-state index contributed by atoms with van der Waals surface area (Å²) in [6.45, 7) is 5.83. The monoisotopic (exact) mass is 498 g/mol. The van der Waals surface area contributed by atoms with Gasteiger partial charge in [0.15, 0.2) is 11.5 Å². The lowest BCUT2D eigenvalue weighted by Gasteiger charge is -2.13. The Morgan fingerprint density at radius 2 is 1.92 bits per heavy atom. The maximum Gasteiger partial charge on any atom is 0.269 e. The molecule has 2 heterocycles. The van der Waals surface area contributed by atoms with E-state index in [-0.39, 0.29) is 5.91 Å². The Morgan fingerprint density at radius 1 is 1.05 bits per heavy atom. The normalized spacial score (nSPS) is 10.8. The van der Waals surface area contributed by atoms with Crippen molar-refractivity contribution in [3.8, 4) is 11.5 Å². The summed E-state index contributed by atoms with van der Waals surface area (Å²) in [6.07, 6.45) is 7.74. The highest BCUT2D eigenvalue weighted by molar-refractivity contribution is 5.92. The number of nitrogens with one attached hydrogen (secondary N) is 1. The molecule has 0 unspecified atom stereocenters. The first-order chi connectivity index (χ1) is 18.2. The van der Waals surface area contributed by atoms with Crippen LogP contribution in [0.25, 0.3) is 11.0 Å². The second-order valence-electron chi connectivity index (χ2n) is 8.78. The quantitative estimate of drug-likeness (QED) is 0.186. The first-order valence-electron chi connectivity index (χ1n) is 12.7. The number of ether oxygens (including phenoxy) is 2. The summed E-state index contributed by atoms with van der Waals surface area (Å²) in [7, 11) is 1.66. The SMILES string of the molecule is C=CCc1ccc(OCCCCn2c(CCCNC(=O)c3ccccn3)nc3ccccc32)c(OC)c1. The Kier molecular flexibility index (Phi) is 9.29. The van der Waals surface area contributed by atoms with Crippen LogP contribution in [0, 0.1) is 0 Å². The fraction of sp³-hybridized carbons (Fsp3) is 0.300. The van der Waals surface area contributed by atoms with Crippen molar-refractivity contribution >= 4 is 16.9 Å².